The highest BCUT2D eigenvalue weighted by molar-refractivity contribution is 5.18. The monoisotopic (exact) mass is 269 g/mol. The zero-order valence-corrected chi connectivity index (χ0v) is 11.3. The highest BCUT2D eigenvalue weighted by Crippen LogP contribution is 2.19. The summed E-state index contributed by atoms with van der Waals surface area (Å²) in [6.07, 6.45) is 5.23. The van der Waals surface area contributed by atoms with Gasteiger partial charge in [-0.05, 0) is 56.8 Å². The summed E-state index contributed by atoms with van der Waals surface area (Å²) in [5.41, 5.74) is 0.698. The molecule has 0 spiro atoms. The minimum Gasteiger partial charge on any atom is -0.378 e. The second kappa shape index (κ2) is 6.96. The SMILES string of the molecule is CNC(CCC1CCCO1)Cc1cc(F)cc(F)c1. The van der Waals surface area contributed by atoms with E-state index in [4.69, 9.17) is 4.74 Å². The van der Waals surface area contributed by atoms with Crippen molar-refractivity contribution in [1.29, 1.82) is 0 Å². The van der Waals surface area contributed by atoms with Crippen molar-refractivity contribution in [2.24, 2.45) is 0 Å². The summed E-state index contributed by atoms with van der Waals surface area (Å²) in [6, 6.07) is 3.94. The summed E-state index contributed by atoms with van der Waals surface area (Å²) in [4.78, 5) is 0. The van der Waals surface area contributed by atoms with Gasteiger partial charge in [-0.2, -0.15) is 0 Å². The Balaban J connectivity index is 1.86. The second-order valence-corrected chi connectivity index (χ2v) is 5.18. The highest BCUT2D eigenvalue weighted by atomic mass is 19.1. The zero-order chi connectivity index (χ0) is 13.7. The van der Waals surface area contributed by atoms with E-state index in [1.54, 1.807) is 0 Å². The van der Waals surface area contributed by atoms with Crippen LogP contribution >= 0.6 is 0 Å². The first kappa shape index (κ1) is 14.4. The number of hydrogen-bond acceptors (Lipinski definition) is 2. The van der Waals surface area contributed by atoms with Crippen LogP contribution in [-0.2, 0) is 11.2 Å². The lowest BCUT2D eigenvalue weighted by molar-refractivity contribution is 0.0998. The Labute approximate surface area is 113 Å². The van der Waals surface area contributed by atoms with E-state index in [2.05, 4.69) is 5.32 Å². The molecule has 1 aliphatic rings. The van der Waals surface area contributed by atoms with Crippen LogP contribution in [0, 0.1) is 11.6 Å². The van der Waals surface area contributed by atoms with E-state index >= 15 is 0 Å². The van der Waals surface area contributed by atoms with Crippen LogP contribution in [0.25, 0.3) is 0 Å². The molecule has 1 saturated heterocycles. The van der Waals surface area contributed by atoms with E-state index in [0.717, 1.165) is 38.4 Å². The summed E-state index contributed by atoms with van der Waals surface area (Å²) in [5.74, 6) is -1.02. The van der Waals surface area contributed by atoms with Crippen molar-refractivity contribution in [3.63, 3.8) is 0 Å². The standard InChI is InChI=1S/C15H21F2NO/c1-18-14(4-5-15-3-2-6-19-15)9-11-7-12(16)10-13(17)8-11/h7-8,10,14-15,18H,2-6,9H2,1H3. The van der Waals surface area contributed by atoms with E-state index in [0.29, 0.717) is 18.1 Å². The fourth-order valence-electron chi connectivity index (χ4n) is 2.62. The number of likely N-dealkylation sites (N-methyl/N-ethyl adjacent to an activating group) is 1. The van der Waals surface area contributed by atoms with Crippen molar-refractivity contribution in [2.45, 2.75) is 44.2 Å². The van der Waals surface area contributed by atoms with Gasteiger partial charge in [0, 0.05) is 18.7 Å². The first-order valence-corrected chi connectivity index (χ1v) is 6.91. The van der Waals surface area contributed by atoms with Crippen LogP contribution in [0.3, 0.4) is 0 Å². The fourth-order valence-corrected chi connectivity index (χ4v) is 2.62. The molecule has 106 valence electrons. The Hall–Kier alpha value is -1.00. The van der Waals surface area contributed by atoms with Gasteiger partial charge >= 0.3 is 0 Å². The van der Waals surface area contributed by atoms with Gasteiger partial charge in [-0.15, -0.1) is 0 Å². The van der Waals surface area contributed by atoms with Crippen LogP contribution in [0.1, 0.15) is 31.2 Å². The third kappa shape index (κ3) is 4.55. The van der Waals surface area contributed by atoms with Crippen LogP contribution in [0.15, 0.2) is 18.2 Å². The molecule has 1 fully saturated rings. The van der Waals surface area contributed by atoms with Crippen LogP contribution in [0.4, 0.5) is 8.78 Å². The molecule has 1 N–H and O–H groups in total. The maximum atomic E-state index is 13.1. The summed E-state index contributed by atoms with van der Waals surface area (Å²) in [7, 11) is 1.88. The molecule has 0 aliphatic carbocycles. The molecule has 0 amide bonds. The van der Waals surface area contributed by atoms with Gasteiger partial charge in [0.15, 0.2) is 0 Å². The molecule has 1 heterocycles. The molecule has 0 radical (unpaired) electrons. The maximum absolute atomic E-state index is 13.1. The van der Waals surface area contributed by atoms with Gasteiger partial charge in [0.05, 0.1) is 6.10 Å². The van der Waals surface area contributed by atoms with Crippen LogP contribution < -0.4 is 5.32 Å². The molecule has 2 nitrogen and oxygen atoms in total. The molecule has 0 bridgehead atoms. The molecule has 2 atom stereocenters. The minimum absolute atomic E-state index is 0.227. The molecule has 4 heteroatoms. The molecule has 19 heavy (non-hydrogen) atoms. The average molecular weight is 269 g/mol. The number of hydrogen-bond donors (Lipinski definition) is 1. The molecule has 1 aromatic carbocycles. The Kier molecular flexibility index (Phi) is 5.28. The lowest BCUT2D eigenvalue weighted by Crippen LogP contribution is -2.28. The maximum Gasteiger partial charge on any atom is 0.126 e. The molecule has 2 rings (SSSR count). The van der Waals surface area contributed by atoms with Gasteiger partial charge in [0.25, 0.3) is 0 Å². The van der Waals surface area contributed by atoms with E-state index in [1.807, 2.05) is 7.05 Å². The van der Waals surface area contributed by atoms with Crippen LogP contribution in [0.5, 0.6) is 0 Å². The molecule has 2 unspecified atom stereocenters. The summed E-state index contributed by atoms with van der Waals surface area (Å²) >= 11 is 0. The lowest BCUT2D eigenvalue weighted by atomic mass is 9.99. The zero-order valence-electron chi connectivity index (χ0n) is 11.3. The normalized spacial score (nSPS) is 20.7. The van der Waals surface area contributed by atoms with E-state index in [1.165, 1.54) is 12.1 Å². The van der Waals surface area contributed by atoms with Crippen molar-refractivity contribution >= 4 is 0 Å². The second-order valence-electron chi connectivity index (χ2n) is 5.18. The van der Waals surface area contributed by atoms with Gasteiger partial charge in [0.1, 0.15) is 11.6 Å². The van der Waals surface area contributed by atoms with Crippen molar-refractivity contribution < 1.29 is 13.5 Å². The summed E-state index contributed by atoms with van der Waals surface area (Å²) < 4.78 is 31.9. The predicted octanol–water partition coefficient (Wildman–Crippen LogP) is 3.05. The first-order chi connectivity index (χ1) is 9.17. The van der Waals surface area contributed by atoms with Gasteiger partial charge in [-0.1, -0.05) is 0 Å². The minimum atomic E-state index is -0.510. The van der Waals surface area contributed by atoms with Crippen molar-refractivity contribution in [3.05, 3.63) is 35.4 Å². The lowest BCUT2D eigenvalue weighted by Gasteiger charge is -2.18. The smallest absolute Gasteiger partial charge is 0.126 e. The van der Waals surface area contributed by atoms with Crippen molar-refractivity contribution in [1.82, 2.24) is 5.32 Å². The number of benzene rings is 1. The molecule has 0 saturated carbocycles. The molecule has 1 aliphatic heterocycles. The van der Waals surface area contributed by atoms with Gasteiger partial charge in [0.2, 0.25) is 0 Å². The van der Waals surface area contributed by atoms with E-state index < -0.39 is 11.6 Å². The Bertz CT molecular complexity index is 385. The number of nitrogens with one attached hydrogen (secondary N) is 1. The van der Waals surface area contributed by atoms with Gasteiger partial charge < -0.3 is 10.1 Å². The van der Waals surface area contributed by atoms with Crippen molar-refractivity contribution in [3.8, 4) is 0 Å². The summed E-state index contributed by atoms with van der Waals surface area (Å²) in [6.45, 7) is 0.865. The predicted molar refractivity (Wildman–Crippen MR) is 71.1 cm³/mol. The van der Waals surface area contributed by atoms with E-state index in [-0.39, 0.29) is 6.04 Å². The van der Waals surface area contributed by atoms with Gasteiger partial charge in [-0.3, -0.25) is 0 Å². The Morgan fingerprint density at radius 2 is 2.05 bits per heavy atom. The Morgan fingerprint density at radius 1 is 1.32 bits per heavy atom. The van der Waals surface area contributed by atoms with Gasteiger partial charge in [-0.25, -0.2) is 8.78 Å². The molecule has 1 aromatic rings. The topological polar surface area (TPSA) is 21.3 Å². The number of ether oxygens (including phenoxy) is 1. The molecule has 0 aromatic heterocycles. The van der Waals surface area contributed by atoms with Crippen molar-refractivity contribution in [2.75, 3.05) is 13.7 Å². The summed E-state index contributed by atoms with van der Waals surface area (Å²) in [5, 5.41) is 3.21. The highest BCUT2D eigenvalue weighted by Gasteiger charge is 2.17. The first-order valence-electron chi connectivity index (χ1n) is 6.91. The third-order valence-corrected chi connectivity index (χ3v) is 3.67. The quantitative estimate of drug-likeness (QED) is 0.857. The number of rotatable bonds is 6. The van der Waals surface area contributed by atoms with Crippen LogP contribution in [-0.4, -0.2) is 25.8 Å². The van der Waals surface area contributed by atoms with Crippen LogP contribution in [0.2, 0.25) is 0 Å². The fraction of sp³-hybridized carbons (Fsp3) is 0.600. The average Bonchev–Trinajstić information content (AvgIpc) is 2.86. The third-order valence-electron chi connectivity index (χ3n) is 3.67. The largest absolute Gasteiger partial charge is 0.378 e. The molecular formula is C15H21F2NO. The molecular weight excluding hydrogens is 248 g/mol. The Morgan fingerprint density at radius 3 is 2.63 bits per heavy atom. The van der Waals surface area contributed by atoms with E-state index in [9.17, 15) is 8.78 Å². The number of halogens is 2.